The van der Waals surface area contributed by atoms with Crippen molar-refractivity contribution in [3.8, 4) is 5.75 Å². The van der Waals surface area contributed by atoms with E-state index in [1.807, 2.05) is 12.1 Å². The molecule has 0 saturated carbocycles. The summed E-state index contributed by atoms with van der Waals surface area (Å²) in [6, 6.07) is 3.97. The number of methoxy groups -OCH3 is 1. The zero-order valence-electron chi connectivity index (χ0n) is 17.7. The fourth-order valence-electron chi connectivity index (χ4n) is 3.43. The van der Waals surface area contributed by atoms with Gasteiger partial charge in [0.15, 0.2) is 5.60 Å². The molecule has 1 aromatic rings. The molecule has 2 aliphatic rings. The van der Waals surface area contributed by atoms with Crippen LogP contribution >= 0.6 is 63.7 Å². The quantitative estimate of drug-likeness (QED) is 0.333. The molecule has 0 fully saturated rings. The van der Waals surface area contributed by atoms with E-state index in [1.165, 1.54) is 7.11 Å². The van der Waals surface area contributed by atoms with E-state index in [4.69, 9.17) is 20.0 Å². The SMILES string of the molecule is COC1=C(Br)[C@@H](O)[C@@]2(C=C1Br)CC(C(=O)NCCCOc1c(Br)cc(CCN)cc1Br)=NO2. The molecular formula is C21H23Br4N3O5. The maximum atomic E-state index is 12.6. The molecule has 8 nitrogen and oxygen atoms in total. The first-order valence-corrected chi connectivity index (χ1v) is 13.2. The maximum Gasteiger partial charge on any atom is 0.269 e. The molecule has 1 aromatic carbocycles. The maximum absolute atomic E-state index is 12.6. The number of nitrogens with zero attached hydrogens (tertiary/aromatic N) is 1. The number of carbonyl (C=O) groups is 1. The summed E-state index contributed by atoms with van der Waals surface area (Å²) in [5, 5.41) is 17.4. The molecule has 1 spiro atoms. The third kappa shape index (κ3) is 6.02. The second-order valence-corrected chi connectivity index (χ2v) is 10.8. The molecule has 1 amide bonds. The van der Waals surface area contributed by atoms with Gasteiger partial charge in [0, 0.05) is 13.0 Å². The van der Waals surface area contributed by atoms with Gasteiger partial charge < -0.3 is 30.5 Å². The van der Waals surface area contributed by atoms with Crippen molar-refractivity contribution in [3.63, 3.8) is 0 Å². The van der Waals surface area contributed by atoms with Crippen LogP contribution in [-0.2, 0) is 20.8 Å². The molecule has 0 radical (unpaired) electrons. The van der Waals surface area contributed by atoms with Crippen LogP contribution in [0.25, 0.3) is 0 Å². The van der Waals surface area contributed by atoms with E-state index in [9.17, 15) is 9.90 Å². The van der Waals surface area contributed by atoms with Gasteiger partial charge in [-0.1, -0.05) is 5.16 Å². The van der Waals surface area contributed by atoms with E-state index in [0.717, 1.165) is 20.9 Å². The van der Waals surface area contributed by atoms with Gasteiger partial charge in [-0.2, -0.15) is 0 Å². The number of ether oxygens (including phenoxy) is 2. The van der Waals surface area contributed by atoms with Gasteiger partial charge in [0.2, 0.25) is 0 Å². The number of hydrogen-bond donors (Lipinski definition) is 3. The first-order valence-electron chi connectivity index (χ1n) is 10.1. The first-order chi connectivity index (χ1) is 15.7. The molecule has 3 rings (SSSR count). The van der Waals surface area contributed by atoms with Crippen LogP contribution in [0.15, 0.2) is 47.0 Å². The van der Waals surface area contributed by atoms with Gasteiger partial charge in [0.05, 0.1) is 31.6 Å². The molecule has 0 bridgehead atoms. The summed E-state index contributed by atoms with van der Waals surface area (Å²) < 4.78 is 13.8. The molecule has 4 N–H and O–H groups in total. The summed E-state index contributed by atoms with van der Waals surface area (Å²) in [5.74, 6) is 0.812. The highest BCUT2D eigenvalue weighted by molar-refractivity contribution is 9.12. The van der Waals surface area contributed by atoms with Crippen LogP contribution in [0.1, 0.15) is 18.4 Å². The highest BCUT2D eigenvalue weighted by atomic mass is 79.9. The number of nitrogens with one attached hydrogen (secondary N) is 1. The Kier molecular flexibility index (Phi) is 9.44. The lowest BCUT2D eigenvalue weighted by molar-refractivity contribution is -0.114. The molecule has 12 heteroatoms. The van der Waals surface area contributed by atoms with Crippen molar-refractivity contribution in [2.75, 3.05) is 26.8 Å². The van der Waals surface area contributed by atoms with E-state index in [2.05, 4.69) is 74.2 Å². The van der Waals surface area contributed by atoms with Crippen molar-refractivity contribution in [2.45, 2.75) is 31.0 Å². The van der Waals surface area contributed by atoms with E-state index in [1.54, 1.807) is 6.08 Å². The minimum atomic E-state index is -1.18. The largest absolute Gasteiger partial charge is 0.495 e. The van der Waals surface area contributed by atoms with Crippen molar-refractivity contribution in [2.24, 2.45) is 10.9 Å². The number of nitrogens with two attached hydrogens (primary N) is 1. The van der Waals surface area contributed by atoms with Gasteiger partial charge >= 0.3 is 0 Å². The van der Waals surface area contributed by atoms with Crippen LogP contribution in [0, 0.1) is 0 Å². The lowest BCUT2D eigenvalue weighted by atomic mass is 9.87. The van der Waals surface area contributed by atoms with E-state index in [-0.39, 0.29) is 18.0 Å². The molecule has 2 atom stereocenters. The Morgan fingerprint density at radius 3 is 2.67 bits per heavy atom. The number of amides is 1. The topological polar surface area (TPSA) is 115 Å². The number of aliphatic hydroxyl groups is 1. The lowest BCUT2D eigenvalue weighted by Crippen LogP contribution is -2.45. The summed E-state index contributed by atoms with van der Waals surface area (Å²) >= 11 is 13.8. The predicted octanol–water partition coefficient (Wildman–Crippen LogP) is 4.02. The molecule has 1 aliphatic carbocycles. The molecule has 1 heterocycles. The number of carbonyl (C=O) groups excluding carboxylic acids is 1. The molecular weight excluding hydrogens is 694 g/mol. The smallest absolute Gasteiger partial charge is 0.269 e. The first kappa shape index (κ1) is 26.7. The summed E-state index contributed by atoms with van der Waals surface area (Å²) in [7, 11) is 1.50. The van der Waals surface area contributed by atoms with Crippen molar-refractivity contribution in [3.05, 3.63) is 47.4 Å². The Hall–Kier alpha value is -0.920. The standard InChI is InChI=1S/C21H23Br4N3O5/c1-31-18-14(24)9-21(19(29)16(18)25)10-15(28-33-21)20(30)27-5-2-6-32-17-12(22)7-11(3-4-26)8-13(17)23/h7-9,19,29H,2-6,10,26H2,1H3,(H,27,30)/t19-,21-/m1/s1. The number of halogens is 4. The zero-order valence-corrected chi connectivity index (χ0v) is 24.0. The Morgan fingerprint density at radius 2 is 2.03 bits per heavy atom. The van der Waals surface area contributed by atoms with Crippen molar-refractivity contribution >= 4 is 75.3 Å². The van der Waals surface area contributed by atoms with Crippen molar-refractivity contribution < 1.29 is 24.2 Å². The molecule has 0 saturated heterocycles. The molecule has 0 aromatic heterocycles. The number of benzene rings is 1. The summed E-state index contributed by atoms with van der Waals surface area (Å²) in [5.41, 5.74) is 5.75. The molecule has 180 valence electrons. The third-order valence-electron chi connectivity index (χ3n) is 5.09. The van der Waals surface area contributed by atoms with Gasteiger partial charge in [-0.15, -0.1) is 0 Å². The average molecular weight is 717 g/mol. The van der Waals surface area contributed by atoms with E-state index >= 15 is 0 Å². The lowest BCUT2D eigenvalue weighted by Gasteiger charge is -2.33. The van der Waals surface area contributed by atoms with Crippen LogP contribution in [0.4, 0.5) is 0 Å². The number of aliphatic hydroxyl groups excluding tert-OH is 1. The van der Waals surface area contributed by atoms with E-state index < -0.39 is 11.7 Å². The highest BCUT2D eigenvalue weighted by Gasteiger charge is 2.50. The normalized spacial score (nSPS) is 22.1. The summed E-state index contributed by atoms with van der Waals surface area (Å²) in [4.78, 5) is 18.1. The summed E-state index contributed by atoms with van der Waals surface area (Å²) in [6.07, 6.45) is 2.08. The van der Waals surface area contributed by atoms with Gasteiger partial charge in [-0.3, -0.25) is 4.79 Å². The second-order valence-electron chi connectivity index (χ2n) is 7.42. The van der Waals surface area contributed by atoms with Crippen molar-refractivity contribution in [1.82, 2.24) is 5.32 Å². The predicted molar refractivity (Wildman–Crippen MR) is 140 cm³/mol. The molecule has 1 aliphatic heterocycles. The van der Waals surface area contributed by atoms with Crippen LogP contribution in [0.2, 0.25) is 0 Å². The Bertz CT molecular complexity index is 991. The molecule has 0 unspecified atom stereocenters. The van der Waals surface area contributed by atoms with Gasteiger partial charge in [-0.25, -0.2) is 0 Å². The van der Waals surface area contributed by atoms with Gasteiger partial charge in [-0.05, 0) is 107 Å². The Labute approximate surface area is 225 Å². The Balaban J connectivity index is 1.48. The van der Waals surface area contributed by atoms with Crippen molar-refractivity contribution in [1.29, 1.82) is 0 Å². The minimum absolute atomic E-state index is 0.118. The fourth-order valence-corrected chi connectivity index (χ4v) is 6.73. The number of allylic oxidation sites excluding steroid dienone is 1. The monoisotopic (exact) mass is 713 g/mol. The number of hydrogen-bond acceptors (Lipinski definition) is 7. The van der Waals surface area contributed by atoms with Crippen LogP contribution < -0.4 is 15.8 Å². The highest BCUT2D eigenvalue weighted by Crippen LogP contribution is 2.44. The summed E-state index contributed by atoms with van der Waals surface area (Å²) in [6.45, 7) is 1.38. The van der Waals surface area contributed by atoms with Crippen LogP contribution in [0.5, 0.6) is 5.75 Å². The minimum Gasteiger partial charge on any atom is -0.495 e. The van der Waals surface area contributed by atoms with Crippen LogP contribution in [0.3, 0.4) is 0 Å². The average Bonchev–Trinajstić information content (AvgIpc) is 3.19. The number of oxime groups is 1. The second kappa shape index (κ2) is 11.7. The molecule has 33 heavy (non-hydrogen) atoms. The third-order valence-corrected chi connectivity index (χ3v) is 7.65. The zero-order chi connectivity index (χ0) is 24.2. The Morgan fingerprint density at radius 1 is 1.33 bits per heavy atom. The number of rotatable bonds is 9. The van der Waals surface area contributed by atoms with Crippen LogP contribution in [-0.4, -0.2) is 55.2 Å². The van der Waals surface area contributed by atoms with E-state index in [0.29, 0.717) is 46.6 Å². The van der Waals surface area contributed by atoms with Gasteiger partial charge in [0.25, 0.3) is 5.91 Å². The van der Waals surface area contributed by atoms with Gasteiger partial charge in [0.1, 0.15) is 23.3 Å². The fraction of sp³-hybridized carbons (Fsp3) is 0.429.